The summed E-state index contributed by atoms with van der Waals surface area (Å²) in [5, 5.41) is 8.96. The second-order valence-electron chi connectivity index (χ2n) is 5.35. The minimum Gasteiger partial charge on any atom is -0.394 e. The Labute approximate surface area is 97.4 Å². The van der Waals surface area contributed by atoms with E-state index in [2.05, 4.69) is 0 Å². The molecule has 0 aromatic carbocycles. The molecule has 1 atom stereocenters. The smallest absolute Gasteiger partial charge is 0.214 e. The molecule has 16 heavy (non-hydrogen) atoms. The van der Waals surface area contributed by atoms with Gasteiger partial charge in [-0.2, -0.15) is 4.31 Å². The summed E-state index contributed by atoms with van der Waals surface area (Å²) < 4.78 is 30.7. The number of sulfonamides is 1. The standard InChI is InChI=1S/C10H21NO4S/c1-10(2,3)8-16(13,14)11-4-5-15-9(6-11)7-12/h9,12H,4-8H2,1-3H3. The van der Waals surface area contributed by atoms with Crippen molar-refractivity contribution in [3.8, 4) is 0 Å². The van der Waals surface area contributed by atoms with Gasteiger partial charge in [0.2, 0.25) is 10.0 Å². The van der Waals surface area contributed by atoms with Crippen LogP contribution in [0.1, 0.15) is 20.8 Å². The molecule has 1 unspecified atom stereocenters. The highest BCUT2D eigenvalue weighted by Crippen LogP contribution is 2.20. The van der Waals surface area contributed by atoms with Gasteiger partial charge >= 0.3 is 0 Å². The summed E-state index contributed by atoms with van der Waals surface area (Å²) >= 11 is 0. The molecule has 96 valence electrons. The van der Waals surface area contributed by atoms with Gasteiger partial charge in [0, 0.05) is 13.1 Å². The van der Waals surface area contributed by atoms with Gasteiger partial charge < -0.3 is 9.84 Å². The SMILES string of the molecule is CC(C)(C)CS(=O)(=O)N1CCOC(CO)C1. The number of hydrogen-bond acceptors (Lipinski definition) is 4. The first-order chi connectivity index (χ1) is 7.24. The second-order valence-corrected chi connectivity index (χ2v) is 7.32. The normalized spacial score (nSPS) is 24.6. The highest BCUT2D eigenvalue weighted by Gasteiger charge is 2.32. The van der Waals surface area contributed by atoms with Gasteiger partial charge in [-0.1, -0.05) is 20.8 Å². The van der Waals surface area contributed by atoms with Crippen LogP contribution in [0.25, 0.3) is 0 Å². The average molecular weight is 251 g/mol. The van der Waals surface area contributed by atoms with Crippen LogP contribution in [0.4, 0.5) is 0 Å². The van der Waals surface area contributed by atoms with Crippen LogP contribution in [0, 0.1) is 5.41 Å². The highest BCUT2D eigenvalue weighted by molar-refractivity contribution is 7.89. The molecule has 0 saturated carbocycles. The maximum absolute atomic E-state index is 12.1. The van der Waals surface area contributed by atoms with Crippen molar-refractivity contribution in [1.82, 2.24) is 4.31 Å². The van der Waals surface area contributed by atoms with Crippen LogP contribution in [-0.4, -0.2) is 56.0 Å². The van der Waals surface area contributed by atoms with Gasteiger partial charge in [0.25, 0.3) is 0 Å². The zero-order valence-electron chi connectivity index (χ0n) is 10.1. The Balaban J connectivity index is 2.68. The fourth-order valence-electron chi connectivity index (χ4n) is 1.69. The summed E-state index contributed by atoms with van der Waals surface area (Å²) in [6, 6.07) is 0. The molecule has 0 aromatic rings. The van der Waals surface area contributed by atoms with Crippen LogP contribution in [0.5, 0.6) is 0 Å². The molecule has 6 heteroatoms. The first kappa shape index (κ1) is 13.9. The molecule has 0 spiro atoms. The van der Waals surface area contributed by atoms with E-state index in [4.69, 9.17) is 9.84 Å². The van der Waals surface area contributed by atoms with Gasteiger partial charge in [-0.3, -0.25) is 0 Å². The lowest BCUT2D eigenvalue weighted by atomic mass is 10.0. The Kier molecular flexibility index (Phi) is 4.34. The topological polar surface area (TPSA) is 66.8 Å². The van der Waals surface area contributed by atoms with E-state index < -0.39 is 10.0 Å². The molecule has 1 rings (SSSR count). The van der Waals surface area contributed by atoms with Crippen LogP contribution in [0.15, 0.2) is 0 Å². The summed E-state index contributed by atoms with van der Waals surface area (Å²) in [5.74, 6) is 0.123. The van der Waals surface area contributed by atoms with Gasteiger partial charge in [-0.05, 0) is 5.41 Å². The molecule has 1 heterocycles. The van der Waals surface area contributed by atoms with E-state index in [0.29, 0.717) is 13.2 Å². The molecule has 1 fully saturated rings. The van der Waals surface area contributed by atoms with Crippen LogP contribution >= 0.6 is 0 Å². The van der Waals surface area contributed by atoms with Crippen molar-refractivity contribution in [3.63, 3.8) is 0 Å². The van der Waals surface area contributed by atoms with Crippen LogP contribution in [0.3, 0.4) is 0 Å². The van der Waals surface area contributed by atoms with Crippen molar-refractivity contribution in [2.24, 2.45) is 5.41 Å². The lowest BCUT2D eigenvalue weighted by Crippen LogP contribution is -2.48. The molecule has 0 aromatic heterocycles. The Morgan fingerprint density at radius 3 is 2.56 bits per heavy atom. The lowest BCUT2D eigenvalue weighted by Gasteiger charge is -2.33. The molecule has 1 saturated heterocycles. The Morgan fingerprint density at radius 1 is 1.44 bits per heavy atom. The first-order valence-corrected chi connectivity index (χ1v) is 7.06. The van der Waals surface area contributed by atoms with Crippen LogP contribution < -0.4 is 0 Å². The van der Waals surface area contributed by atoms with E-state index in [-0.39, 0.29) is 30.4 Å². The van der Waals surface area contributed by atoms with Gasteiger partial charge in [0.05, 0.1) is 25.1 Å². The third-order valence-electron chi connectivity index (χ3n) is 2.31. The maximum Gasteiger partial charge on any atom is 0.214 e. The van der Waals surface area contributed by atoms with Crippen molar-refractivity contribution in [2.45, 2.75) is 26.9 Å². The summed E-state index contributed by atoms with van der Waals surface area (Å²) in [7, 11) is -3.24. The Morgan fingerprint density at radius 2 is 2.06 bits per heavy atom. The van der Waals surface area contributed by atoms with Crippen molar-refractivity contribution >= 4 is 10.0 Å². The van der Waals surface area contributed by atoms with Crippen molar-refractivity contribution in [2.75, 3.05) is 32.1 Å². The molecule has 5 nitrogen and oxygen atoms in total. The summed E-state index contributed by atoms with van der Waals surface area (Å²) in [5.41, 5.74) is -0.258. The number of aliphatic hydroxyl groups excluding tert-OH is 1. The summed E-state index contributed by atoms with van der Waals surface area (Å²) in [4.78, 5) is 0. The Hall–Kier alpha value is -0.170. The van der Waals surface area contributed by atoms with Crippen molar-refractivity contribution < 1.29 is 18.3 Å². The lowest BCUT2D eigenvalue weighted by molar-refractivity contribution is -0.0306. The van der Waals surface area contributed by atoms with Gasteiger partial charge in [-0.15, -0.1) is 0 Å². The van der Waals surface area contributed by atoms with E-state index in [9.17, 15) is 8.42 Å². The molecular weight excluding hydrogens is 230 g/mol. The third kappa shape index (κ3) is 4.01. The van der Waals surface area contributed by atoms with Crippen molar-refractivity contribution in [3.05, 3.63) is 0 Å². The fourth-order valence-corrected chi connectivity index (χ4v) is 3.72. The Bertz CT molecular complexity index is 320. The molecule has 0 bridgehead atoms. The quantitative estimate of drug-likeness (QED) is 0.770. The number of nitrogens with zero attached hydrogens (tertiary/aromatic N) is 1. The van der Waals surface area contributed by atoms with Crippen LogP contribution in [-0.2, 0) is 14.8 Å². The van der Waals surface area contributed by atoms with Crippen molar-refractivity contribution in [1.29, 1.82) is 0 Å². The zero-order valence-corrected chi connectivity index (χ0v) is 11.0. The minimum atomic E-state index is -3.24. The largest absolute Gasteiger partial charge is 0.394 e. The fraction of sp³-hybridized carbons (Fsp3) is 1.00. The van der Waals surface area contributed by atoms with Gasteiger partial charge in [0.1, 0.15) is 0 Å². The molecule has 1 N–H and O–H groups in total. The summed E-state index contributed by atoms with van der Waals surface area (Å²) in [6.45, 7) is 6.55. The molecule has 0 amide bonds. The van der Waals surface area contributed by atoms with E-state index in [1.807, 2.05) is 20.8 Å². The number of aliphatic hydroxyl groups is 1. The number of rotatable bonds is 3. The average Bonchev–Trinajstić information content (AvgIpc) is 2.14. The molecule has 0 aliphatic carbocycles. The third-order valence-corrected chi connectivity index (χ3v) is 4.66. The van der Waals surface area contributed by atoms with E-state index in [1.54, 1.807) is 0 Å². The van der Waals surface area contributed by atoms with Gasteiger partial charge in [-0.25, -0.2) is 8.42 Å². The maximum atomic E-state index is 12.1. The second kappa shape index (κ2) is 5.00. The van der Waals surface area contributed by atoms with Gasteiger partial charge in [0.15, 0.2) is 0 Å². The number of morpholine rings is 1. The predicted octanol–water partition coefficient (Wildman–Crippen LogP) is 0.0554. The molecule has 0 radical (unpaired) electrons. The number of hydrogen-bond donors (Lipinski definition) is 1. The monoisotopic (exact) mass is 251 g/mol. The van der Waals surface area contributed by atoms with E-state index >= 15 is 0 Å². The van der Waals surface area contributed by atoms with E-state index in [1.165, 1.54) is 4.31 Å². The van der Waals surface area contributed by atoms with Crippen LogP contribution in [0.2, 0.25) is 0 Å². The minimum absolute atomic E-state index is 0.123. The molecular formula is C10H21NO4S. The number of ether oxygens (including phenoxy) is 1. The summed E-state index contributed by atoms with van der Waals surface area (Å²) in [6.07, 6.45) is -0.386. The molecule has 1 aliphatic rings. The highest BCUT2D eigenvalue weighted by atomic mass is 32.2. The predicted molar refractivity (Wildman–Crippen MR) is 61.6 cm³/mol. The first-order valence-electron chi connectivity index (χ1n) is 5.45. The zero-order chi connectivity index (χ0) is 12.4. The van der Waals surface area contributed by atoms with E-state index in [0.717, 1.165) is 0 Å². The molecule has 1 aliphatic heterocycles.